The van der Waals surface area contributed by atoms with Gasteiger partial charge >= 0.3 is 5.51 Å². The molecule has 200 valence electrons. The van der Waals surface area contributed by atoms with E-state index in [2.05, 4.69) is 14.9 Å². The van der Waals surface area contributed by atoms with E-state index in [1.54, 1.807) is 0 Å². The standard InChI is InChI=1S/C23H24F3N3O5S3/c24-23(25,26)37(32,33)17-3-1-15(2-4-17)11-16(31)12-20-28-19(14-35-20)22-18(27-21(13-30)36-22)5-6-29-7-9-34-10-8-29/h1-4,14,30H,5-13H2. The summed E-state index contributed by atoms with van der Waals surface area (Å²) in [5.74, 6) is -0.208. The normalized spacial score (nSPS) is 15.2. The maximum atomic E-state index is 12.7. The molecule has 1 fully saturated rings. The fourth-order valence-corrected chi connectivity index (χ4v) is 6.38. The lowest BCUT2D eigenvalue weighted by atomic mass is 10.1. The molecule has 3 heterocycles. The Morgan fingerprint density at radius 2 is 1.78 bits per heavy atom. The highest BCUT2D eigenvalue weighted by Gasteiger charge is 2.46. The van der Waals surface area contributed by atoms with Crippen LogP contribution in [0.3, 0.4) is 0 Å². The predicted molar refractivity (Wildman–Crippen MR) is 132 cm³/mol. The van der Waals surface area contributed by atoms with E-state index < -0.39 is 20.2 Å². The molecule has 14 heteroatoms. The van der Waals surface area contributed by atoms with Gasteiger partial charge in [0, 0.05) is 37.9 Å². The van der Waals surface area contributed by atoms with Crippen LogP contribution in [0.4, 0.5) is 13.2 Å². The number of sulfone groups is 1. The van der Waals surface area contributed by atoms with Crippen LogP contribution in [-0.2, 0) is 45.2 Å². The van der Waals surface area contributed by atoms with Crippen LogP contribution in [-0.4, -0.2) is 72.5 Å². The highest BCUT2D eigenvalue weighted by Crippen LogP contribution is 2.33. The van der Waals surface area contributed by atoms with E-state index in [0.29, 0.717) is 40.9 Å². The highest BCUT2D eigenvalue weighted by molar-refractivity contribution is 7.92. The number of thiazole rings is 2. The molecule has 1 N–H and O–H groups in total. The van der Waals surface area contributed by atoms with Crippen LogP contribution in [0.1, 0.15) is 21.3 Å². The van der Waals surface area contributed by atoms with Crippen LogP contribution in [0.2, 0.25) is 0 Å². The van der Waals surface area contributed by atoms with Crippen molar-refractivity contribution in [1.82, 2.24) is 14.9 Å². The summed E-state index contributed by atoms with van der Waals surface area (Å²) in [6.07, 6.45) is 0.654. The molecule has 3 aromatic rings. The van der Waals surface area contributed by atoms with Gasteiger partial charge in [-0.2, -0.15) is 13.2 Å². The Labute approximate surface area is 219 Å². The lowest BCUT2D eigenvalue weighted by Gasteiger charge is -2.26. The van der Waals surface area contributed by atoms with Gasteiger partial charge in [0.25, 0.3) is 9.84 Å². The number of nitrogens with zero attached hydrogens (tertiary/aromatic N) is 3. The average molecular weight is 576 g/mol. The van der Waals surface area contributed by atoms with Gasteiger partial charge in [-0.15, -0.1) is 22.7 Å². The number of carbonyl (C=O) groups is 1. The van der Waals surface area contributed by atoms with Crippen LogP contribution in [0.25, 0.3) is 10.6 Å². The number of carbonyl (C=O) groups excluding carboxylic acids is 1. The number of halogens is 3. The number of hydrogen-bond donors (Lipinski definition) is 1. The van der Waals surface area contributed by atoms with Crippen molar-refractivity contribution >= 4 is 38.3 Å². The van der Waals surface area contributed by atoms with Gasteiger partial charge in [-0.3, -0.25) is 9.69 Å². The van der Waals surface area contributed by atoms with Crippen LogP contribution in [0.5, 0.6) is 0 Å². The van der Waals surface area contributed by atoms with Crippen LogP contribution >= 0.6 is 22.7 Å². The minimum absolute atomic E-state index is 0.0298. The molecule has 0 atom stereocenters. The van der Waals surface area contributed by atoms with Gasteiger partial charge in [-0.25, -0.2) is 18.4 Å². The number of morpholine rings is 1. The molecule has 1 aliphatic heterocycles. The summed E-state index contributed by atoms with van der Waals surface area (Å²) in [6, 6.07) is 4.12. The zero-order chi connectivity index (χ0) is 26.6. The number of ether oxygens (including phenoxy) is 1. The fourth-order valence-electron chi connectivity index (χ4n) is 3.80. The summed E-state index contributed by atoms with van der Waals surface area (Å²) in [5.41, 5.74) is -3.45. The largest absolute Gasteiger partial charge is 0.501 e. The molecule has 1 aliphatic rings. The summed E-state index contributed by atoms with van der Waals surface area (Å²) in [6.45, 7) is 3.75. The van der Waals surface area contributed by atoms with Crippen LogP contribution in [0.15, 0.2) is 34.5 Å². The Balaban J connectivity index is 1.40. The first-order valence-corrected chi connectivity index (χ1v) is 14.5. The summed E-state index contributed by atoms with van der Waals surface area (Å²) >= 11 is 2.68. The smallest absolute Gasteiger partial charge is 0.389 e. The van der Waals surface area contributed by atoms with Gasteiger partial charge in [0.1, 0.15) is 15.8 Å². The molecular weight excluding hydrogens is 551 g/mol. The minimum atomic E-state index is -5.43. The third-order valence-corrected chi connectivity index (χ3v) is 9.17. The van der Waals surface area contributed by atoms with E-state index in [4.69, 9.17) is 4.74 Å². The van der Waals surface area contributed by atoms with E-state index >= 15 is 0 Å². The number of Topliss-reactive ketones (excluding diaryl/α,β-unsaturated/α-hetero) is 1. The Bertz CT molecular complexity index is 1330. The molecular formula is C23H24F3N3O5S3. The SMILES string of the molecule is O=C(Cc1ccc(S(=O)(=O)C(F)(F)F)cc1)Cc1nc(-c2sc(CO)nc2CCN2CCOCC2)cs1. The first-order chi connectivity index (χ1) is 17.6. The number of ketones is 1. The van der Waals surface area contributed by atoms with Gasteiger partial charge in [-0.1, -0.05) is 12.1 Å². The zero-order valence-electron chi connectivity index (χ0n) is 19.5. The van der Waals surface area contributed by atoms with Gasteiger partial charge in [0.15, 0.2) is 0 Å². The fraction of sp³-hybridized carbons (Fsp3) is 0.435. The third-order valence-electron chi connectivity index (χ3n) is 5.72. The molecule has 1 saturated heterocycles. The molecule has 37 heavy (non-hydrogen) atoms. The number of benzene rings is 1. The van der Waals surface area contributed by atoms with Crippen LogP contribution < -0.4 is 0 Å². The van der Waals surface area contributed by atoms with Crippen molar-refractivity contribution in [3.05, 3.63) is 50.9 Å². The molecule has 8 nitrogen and oxygen atoms in total. The quantitative estimate of drug-likeness (QED) is 0.392. The van der Waals surface area contributed by atoms with Crippen LogP contribution in [0, 0.1) is 0 Å². The van der Waals surface area contributed by atoms with Crippen molar-refractivity contribution in [2.75, 3.05) is 32.8 Å². The Kier molecular flexibility index (Phi) is 8.76. The molecule has 1 aromatic carbocycles. The summed E-state index contributed by atoms with van der Waals surface area (Å²) < 4.78 is 66.5. The minimum Gasteiger partial charge on any atom is -0.389 e. The molecule has 4 rings (SSSR count). The first-order valence-electron chi connectivity index (χ1n) is 11.3. The van der Waals surface area contributed by atoms with Gasteiger partial charge in [0.05, 0.1) is 47.4 Å². The summed E-state index contributed by atoms with van der Waals surface area (Å²) in [5, 5.41) is 12.6. The van der Waals surface area contributed by atoms with Gasteiger partial charge in [-0.05, 0) is 17.7 Å². The number of rotatable bonds is 10. The first kappa shape index (κ1) is 27.8. The molecule has 0 amide bonds. The van der Waals surface area contributed by atoms with E-state index in [9.17, 15) is 31.5 Å². The number of aliphatic hydroxyl groups is 1. The summed E-state index contributed by atoms with van der Waals surface area (Å²) in [7, 11) is -5.43. The third kappa shape index (κ3) is 6.81. The van der Waals surface area contributed by atoms with Crippen molar-refractivity contribution < 1.29 is 36.2 Å². The summed E-state index contributed by atoms with van der Waals surface area (Å²) in [4.78, 5) is 24.0. The Hall–Kier alpha value is -2.23. The lowest BCUT2D eigenvalue weighted by Crippen LogP contribution is -2.37. The maximum absolute atomic E-state index is 12.7. The number of alkyl halides is 3. The molecule has 2 aromatic heterocycles. The molecule has 0 aliphatic carbocycles. The van der Waals surface area contributed by atoms with Crippen molar-refractivity contribution in [1.29, 1.82) is 0 Å². The van der Waals surface area contributed by atoms with E-state index in [1.807, 2.05) is 5.38 Å². The Morgan fingerprint density at radius 1 is 1.08 bits per heavy atom. The van der Waals surface area contributed by atoms with Crippen molar-refractivity contribution in [2.24, 2.45) is 0 Å². The maximum Gasteiger partial charge on any atom is 0.501 e. The lowest BCUT2D eigenvalue weighted by molar-refractivity contribution is -0.117. The molecule has 0 spiro atoms. The molecule has 0 radical (unpaired) electrons. The van der Waals surface area contributed by atoms with Crippen molar-refractivity contribution in [3.8, 4) is 10.6 Å². The van der Waals surface area contributed by atoms with Crippen molar-refractivity contribution in [3.63, 3.8) is 0 Å². The second-order valence-electron chi connectivity index (χ2n) is 8.36. The monoisotopic (exact) mass is 575 g/mol. The highest BCUT2D eigenvalue weighted by atomic mass is 32.2. The zero-order valence-corrected chi connectivity index (χ0v) is 22.0. The van der Waals surface area contributed by atoms with Gasteiger partial charge < -0.3 is 9.84 Å². The average Bonchev–Trinajstić information content (AvgIpc) is 3.49. The number of aromatic nitrogens is 2. The van der Waals surface area contributed by atoms with Crippen molar-refractivity contribution in [2.45, 2.75) is 36.3 Å². The topological polar surface area (TPSA) is 110 Å². The Morgan fingerprint density at radius 3 is 2.43 bits per heavy atom. The second kappa shape index (κ2) is 11.7. The van der Waals surface area contributed by atoms with E-state index in [-0.39, 0.29) is 25.2 Å². The number of hydrogen-bond acceptors (Lipinski definition) is 10. The molecule has 0 saturated carbocycles. The van der Waals surface area contributed by atoms with E-state index in [0.717, 1.165) is 42.3 Å². The molecule has 0 bridgehead atoms. The second-order valence-corrected chi connectivity index (χ2v) is 12.3. The number of aliphatic hydroxyl groups excluding tert-OH is 1. The molecule has 0 unspecified atom stereocenters. The predicted octanol–water partition coefficient (Wildman–Crippen LogP) is 3.28. The van der Waals surface area contributed by atoms with E-state index in [1.165, 1.54) is 34.8 Å². The van der Waals surface area contributed by atoms with Gasteiger partial charge in [0.2, 0.25) is 0 Å².